The summed E-state index contributed by atoms with van der Waals surface area (Å²) >= 11 is 9.31. The molecule has 0 aliphatic rings. The average molecular weight is 348 g/mol. The highest BCUT2D eigenvalue weighted by atomic mass is 35.5. The van der Waals surface area contributed by atoms with Crippen LogP contribution in [0.5, 0.6) is 0 Å². The van der Waals surface area contributed by atoms with Crippen molar-refractivity contribution in [1.82, 2.24) is 13.9 Å². The molecule has 1 aromatic carbocycles. The van der Waals surface area contributed by atoms with Gasteiger partial charge in [0.05, 0.1) is 29.0 Å². The first-order valence-corrected chi connectivity index (χ1v) is 8.59. The van der Waals surface area contributed by atoms with Gasteiger partial charge in [0.25, 0.3) is 5.56 Å². The Labute approximate surface area is 138 Å². The molecule has 0 saturated heterocycles. The van der Waals surface area contributed by atoms with Crippen LogP contribution in [0.25, 0.3) is 20.3 Å². The number of aryl methyl sites for hydroxylation is 1. The summed E-state index contributed by atoms with van der Waals surface area (Å²) in [5.41, 5.74) is 0.666. The molecule has 110 valence electrons. The van der Waals surface area contributed by atoms with Gasteiger partial charge in [-0.2, -0.15) is 4.37 Å². The lowest BCUT2D eigenvalue weighted by molar-refractivity contribution is 0.759. The number of fused-ring (bicyclic) bond motifs is 2. The minimum atomic E-state index is -0.0650. The number of nitrogens with zero attached hydrogens (tertiary/aromatic N) is 3. The summed E-state index contributed by atoms with van der Waals surface area (Å²) in [5, 5.41) is 2.34. The van der Waals surface area contributed by atoms with E-state index >= 15 is 0 Å². The highest BCUT2D eigenvalue weighted by Crippen LogP contribution is 2.35. The molecule has 0 aliphatic heterocycles. The van der Waals surface area contributed by atoms with Gasteiger partial charge in [-0.25, -0.2) is 4.98 Å². The molecule has 22 heavy (non-hydrogen) atoms. The van der Waals surface area contributed by atoms with Gasteiger partial charge in [0.2, 0.25) is 0 Å². The van der Waals surface area contributed by atoms with E-state index in [0.29, 0.717) is 21.8 Å². The molecule has 0 radical (unpaired) electrons. The topological polar surface area (TPSA) is 47.8 Å². The van der Waals surface area contributed by atoms with Crippen LogP contribution < -0.4 is 5.56 Å². The summed E-state index contributed by atoms with van der Waals surface area (Å²) in [6, 6.07) is 7.98. The van der Waals surface area contributed by atoms with Gasteiger partial charge in [0, 0.05) is 15.0 Å². The van der Waals surface area contributed by atoms with Crippen molar-refractivity contribution in [2.75, 3.05) is 0 Å². The minimum Gasteiger partial charge on any atom is -0.293 e. The van der Waals surface area contributed by atoms with Gasteiger partial charge < -0.3 is 0 Å². The number of benzene rings is 1. The summed E-state index contributed by atoms with van der Waals surface area (Å²) in [4.78, 5) is 18.6. The molecule has 0 amide bonds. The van der Waals surface area contributed by atoms with E-state index in [0.717, 1.165) is 20.7 Å². The Hall–Kier alpha value is -1.76. The molecule has 4 nitrogen and oxygen atoms in total. The van der Waals surface area contributed by atoms with Crippen molar-refractivity contribution in [2.45, 2.75) is 13.5 Å². The van der Waals surface area contributed by atoms with Crippen molar-refractivity contribution < 1.29 is 0 Å². The lowest BCUT2D eigenvalue weighted by Gasteiger charge is -2.03. The zero-order chi connectivity index (χ0) is 15.3. The monoisotopic (exact) mass is 347 g/mol. The molecule has 4 rings (SSSR count). The summed E-state index contributed by atoms with van der Waals surface area (Å²) in [7, 11) is 0. The number of aromatic nitrogens is 3. The predicted molar refractivity (Wildman–Crippen MR) is 92.3 cm³/mol. The van der Waals surface area contributed by atoms with Crippen LogP contribution in [-0.2, 0) is 6.54 Å². The fourth-order valence-electron chi connectivity index (χ4n) is 2.44. The van der Waals surface area contributed by atoms with Gasteiger partial charge in [-0.3, -0.25) is 9.36 Å². The molecule has 0 aliphatic carbocycles. The second kappa shape index (κ2) is 5.15. The molecule has 7 heteroatoms. The molecule has 0 spiro atoms. The van der Waals surface area contributed by atoms with E-state index in [4.69, 9.17) is 11.6 Å². The van der Waals surface area contributed by atoms with Gasteiger partial charge >= 0.3 is 0 Å². The fraction of sp³-hybridized carbons (Fsp3) is 0.133. The maximum Gasteiger partial charge on any atom is 0.264 e. The molecule has 4 aromatic rings. The Bertz CT molecular complexity index is 1060. The molecule has 0 bridgehead atoms. The first-order valence-electron chi connectivity index (χ1n) is 6.62. The molecule has 0 saturated carbocycles. The van der Waals surface area contributed by atoms with Gasteiger partial charge in [0.15, 0.2) is 4.83 Å². The second-order valence-electron chi connectivity index (χ2n) is 4.96. The van der Waals surface area contributed by atoms with Crippen LogP contribution in [0.1, 0.15) is 10.6 Å². The number of halogens is 1. The summed E-state index contributed by atoms with van der Waals surface area (Å²) in [5.74, 6) is 0. The van der Waals surface area contributed by atoms with Gasteiger partial charge in [0.1, 0.15) is 0 Å². The number of hydrogen-bond donors (Lipinski definition) is 0. The third kappa shape index (κ3) is 2.06. The molecule has 0 N–H and O–H groups in total. The molecular weight excluding hydrogens is 338 g/mol. The van der Waals surface area contributed by atoms with E-state index < -0.39 is 0 Å². The first kappa shape index (κ1) is 13.9. The Kier molecular flexibility index (Phi) is 3.25. The quantitative estimate of drug-likeness (QED) is 0.549. The van der Waals surface area contributed by atoms with Crippen molar-refractivity contribution in [3.63, 3.8) is 0 Å². The Morgan fingerprint density at radius 1 is 1.32 bits per heavy atom. The fourth-order valence-corrected chi connectivity index (χ4v) is 4.67. The zero-order valence-electron chi connectivity index (χ0n) is 11.5. The molecule has 0 unspecified atom stereocenters. The van der Waals surface area contributed by atoms with E-state index in [-0.39, 0.29) is 5.56 Å². The van der Waals surface area contributed by atoms with E-state index in [1.807, 2.05) is 31.2 Å². The van der Waals surface area contributed by atoms with Crippen LogP contribution in [0.3, 0.4) is 0 Å². The Balaban J connectivity index is 1.86. The molecule has 3 heterocycles. The molecule has 0 atom stereocenters. The van der Waals surface area contributed by atoms with E-state index in [1.54, 1.807) is 22.2 Å². The third-order valence-electron chi connectivity index (χ3n) is 3.55. The second-order valence-corrected chi connectivity index (χ2v) is 7.23. The van der Waals surface area contributed by atoms with Crippen LogP contribution in [0.4, 0.5) is 0 Å². The largest absolute Gasteiger partial charge is 0.293 e. The summed E-state index contributed by atoms with van der Waals surface area (Å²) < 4.78 is 6.92. The standard InChI is InChI=1S/C15H10ClN3OS2/c1-8-12-14(22-18-8)17-7-19(15(12)20)6-11-13(16)9-4-2-3-5-10(9)21-11/h2-5,7H,6H2,1H3. The number of rotatable bonds is 2. The van der Waals surface area contributed by atoms with Crippen LogP contribution in [0.2, 0.25) is 5.02 Å². The first-order chi connectivity index (χ1) is 10.6. The molecule has 3 aromatic heterocycles. The lowest BCUT2D eigenvalue weighted by atomic mass is 10.2. The molecular formula is C15H10ClN3OS2. The van der Waals surface area contributed by atoms with Gasteiger partial charge in [-0.1, -0.05) is 29.8 Å². The van der Waals surface area contributed by atoms with Gasteiger partial charge in [-0.05, 0) is 24.5 Å². The highest BCUT2D eigenvalue weighted by molar-refractivity contribution is 7.19. The van der Waals surface area contributed by atoms with Crippen molar-refractivity contribution in [1.29, 1.82) is 0 Å². The number of hydrogen-bond acceptors (Lipinski definition) is 5. The summed E-state index contributed by atoms with van der Waals surface area (Å²) in [6.45, 7) is 2.26. The zero-order valence-corrected chi connectivity index (χ0v) is 13.9. The lowest BCUT2D eigenvalue weighted by Crippen LogP contribution is -2.20. The Morgan fingerprint density at radius 2 is 2.14 bits per heavy atom. The molecule has 0 fully saturated rings. The maximum absolute atomic E-state index is 12.6. The minimum absolute atomic E-state index is 0.0650. The number of thiophene rings is 1. The van der Waals surface area contributed by atoms with Crippen molar-refractivity contribution in [3.05, 3.63) is 56.5 Å². The normalized spacial score (nSPS) is 11.5. The Morgan fingerprint density at radius 3 is 2.95 bits per heavy atom. The predicted octanol–water partition coefficient (Wildman–Crippen LogP) is 4.08. The average Bonchev–Trinajstić information content (AvgIpc) is 3.05. The van der Waals surface area contributed by atoms with E-state index in [1.165, 1.54) is 11.5 Å². The van der Waals surface area contributed by atoms with Crippen LogP contribution in [0.15, 0.2) is 35.4 Å². The highest BCUT2D eigenvalue weighted by Gasteiger charge is 2.14. The van der Waals surface area contributed by atoms with E-state index in [9.17, 15) is 4.79 Å². The van der Waals surface area contributed by atoms with Crippen molar-refractivity contribution in [2.24, 2.45) is 0 Å². The van der Waals surface area contributed by atoms with Crippen LogP contribution in [-0.4, -0.2) is 13.9 Å². The van der Waals surface area contributed by atoms with Crippen LogP contribution >= 0.6 is 34.5 Å². The smallest absolute Gasteiger partial charge is 0.264 e. The van der Waals surface area contributed by atoms with Gasteiger partial charge in [-0.15, -0.1) is 11.3 Å². The third-order valence-corrected chi connectivity index (χ3v) is 6.10. The van der Waals surface area contributed by atoms with Crippen LogP contribution in [0, 0.1) is 6.92 Å². The summed E-state index contributed by atoms with van der Waals surface area (Å²) in [6.07, 6.45) is 1.57. The van der Waals surface area contributed by atoms with Crippen molar-refractivity contribution in [3.8, 4) is 0 Å². The SMILES string of the molecule is Cc1nsc2ncn(Cc3sc4ccccc4c3Cl)c(=O)c12. The maximum atomic E-state index is 12.6. The van der Waals surface area contributed by atoms with Crippen molar-refractivity contribution >= 4 is 54.8 Å². The van der Waals surface area contributed by atoms with E-state index in [2.05, 4.69) is 9.36 Å².